The predicted molar refractivity (Wildman–Crippen MR) is 156 cm³/mol. The summed E-state index contributed by atoms with van der Waals surface area (Å²) >= 11 is 0. The Bertz CT molecular complexity index is 1610. The molecular formula is C32H33F3N4O6. The number of rotatable bonds is 12. The van der Waals surface area contributed by atoms with Gasteiger partial charge in [-0.15, -0.1) is 0 Å². The number of pyridine rings is 1. The number of nitriles is 1. The number of alkyl halides is 3. The van der Waals surface area contributed by atoms with Gasteiger partial charge in [-0.1, -0.05) is 19.1 Å². The third kappa shape index (κ3) is 6.54. The summed E-state index contributed by atoms with van der Waals surface area (Å²) in [5.74, 6) is -0.240. The minimum absolute atomic E-state index is 0.0283. The van der Waals surface area contributed by atoms with E-state index in [-0.39, 0.29) is 42.6 Å². The second-order valence-corrected chi connectivity index (χ2v) is 11.4. The van der Waals surface area contributed by atoms with Crippen molar-refractivity contribution in [3.05, 3.63) is 70.9 Å². The van der Waals surface area contributed by atoms with Crippen LogP contribution in [0.5, 0.6) is 17.2 Å². The Morgan fingerprint density at radius 3 is 2.53 bits per heavy atom. The lowest BCUT2D eigenvalue weighted by Gasteiger charge is -2.32. The molecule has 0 saturated heterocycles. The molecule has 1 aromatic heterocycles. The Labute approximate surface area is 257 Å². The number of amides is 1. The number of benzene rings is 2. The highest BCUT2D eigenvalue weighted by molar-refractivity contribution is 5.95. The van der Waals surface area contributed by atoms with Gasteiger partial charge in [0.2, 0.25) is 5.60 Å². The third-order valence-corrected chi connectivity index (χ3v) is 7.98. The average molecular weight is 627 g/mol. The van der Waals surface area contributed by atoms with E-state index in [1.54, 1.807) is 12.1 Å². The van der Waals surface area contributed by atoms with E-state index in [9.17, 15) is 28.3 Å². The van der Waals surface area contributed by atoms with Gasteiger partial charge in [0.25, 0.3) is 5.91 Å². The van der Waals surface area contributed by atoms with Gasteiger partial charge < -0.3 is 35.1 Å². The molecule has 5 rings (SSSR count). The van der Waals surface area contributed by atoms with Gasteiger partial charge in [-0.05, 0) is 49.2 Å². The molecule has 13 heteroatoms. The molecule has 1 unspecified atom stereocenters. The molecule has 1 amide bonds. The molecule has 10 nitrogen and oxygen atoms in total. The average Bonchev–Trinajstić information content (AvgIpc) is 3.82. The van der Waals surface area contributed by atoms with E-state index in [4.69, 9.17) is 19.3 Å². The molecular weight excluding hydrogens is 593 g/mol. The first-order valence-corrected chi connectivity index (χ1v) is 14.3. The number of nitrogens with one attached hydrogen (secondary N) is 2. The topological polar surface area (TPSA) is 146 Å². The molecule has 0 bridgehead atoms. The van der Waals surface area contributed by atoms with Crippen LogP contribution in [0.3, 0.4) is 0 Å². The molecule has 1 saturated carbocycles. The summed E-state index contributed by atoms with van der Waals surface area (Å²) in [7, 11) is 1.33. The highest BCUT2D eigenvalue weighted by Gasteiger charge is 2.57. The highest BCUT2D eigenvalue weighted by atomic mass is 19.4. The smallest absolute Gasteiger partial charge is 0.424 e. The van der Waals surface area contributed by atoms with Gasteiger partial charge in [-0.2, -0.15) is 18.4 Å². The van der Waals surface area contributed by atoms with E-state index in [0.717, 1.165) is 12.8 Å². The largest absolute Gasteiger partial charge is 0.493 e. The highest BCUT2D eigenvalue weighted by Crippen LogP contribution is 2.48. The minimum Gasteiger partial charge on any atom is -0.493 e. The first-order chi connectivity index (χ1) is 21.4. The summed E-state index contributed by atoms with van der Waals surface area (Å²) in [4.78, 5) is 17.3. The second kappa shape index (κ2) is 12.5. The summed E-state index contributed by atoms with van der Waals surface area (Å²) in [6.45, 7) is 0.958. The number of carbonyl (C=O) groups excluding carboxylic acids is 1. The van der Waals surface area contributed by atoms with E-state index < -0.39 is 35.3 Å². The standard InChI is InChI=1S/C32H33F3N4O6/c1-30(16-37-22-8-9-22)18-45-28-23(30)14-26(39-27(28)20-5-3-19(15-36)4-6-20)31(42,32(33,34)35)17-38-29(41)21-7-10-24(44-12-11-40)25(13-21)43-2/h3-7,10,13-14,22,37,40,42H,8-9,11-12,16-18H2,1-2H3,(H,38,41)/t30-,31?/m0/s1. The molecule has 0 radical (unpaired) electrons. The summed E-state index contributed by atoms with van der Waals surface area (Å²) in [6.07, 6.45) is -3.22. The van der Waals surface area contributed by atoms with E-state index in [1.165, 1.54) is 43.5 Å². The number of nitrogens with zero attached hydrogens (tertiary/aromatic N) is 2. The molecule has 2 aliphatic rings. The zero-order valence-corrected chi connectivity index (χ0v) is 24.7. The summed E-state index contributed by atoms with van der Waals surface area (Å²) < 4.78 is 61.0. The maximum Gasteiger partial charge on any atom is 0.424 e. The lowest BCUT2D eigenvalue weighted by atomic mass is 9.82. The quantitative estimate of drug-likeness (QED) is 0.237. The van der Waals surface area contributed by atoms with Crippen molar-refractivity contribution >= 4 is 5.91 Å². The van der Waals surface area contributed by atoms with Crippen molar-refractivity contribution in [1.29, 1.82) is 5.26 Å². The van der Waals surface area contributed by atoms with Crippen LogP contribution in [0.15, 0.2) is 48.5 Å². The zero-order valence-electron chi connectivity index (χ0n) is 24.7. The van der Waals surface area contributed by atoms with Crippen LogP contribution >= 0.6 is 0 Å². The molecule has 4 N–H and O–H groups in total. The molecule has 2 heterocycles. The summed E-state index contributed by atoms with van der Waals surface area (Å²) in [6, 6.07) is 13.7. The summed E-state index contributed by atoms with van der Waals surface area (Å²) in [5.41, 5.74) is -3.79. The molecule has 238 valence electrons. The van der Waals surface area contributed by atoms with Crippen molar-refractivity contribution in [3.8, 4) is 34.6 Å². The Balaban J connectivity index is 1.52. The van der Waals surface area contributed by atoms with E-state index in [2.05, 4.69) is 15.6 Å². The number of hydrogen-bond donors (Lipinski definition) is 4. The Morgan fingerprint density at radius 1 is 1.18 bits per heavy atom. The third-order valence-electron chi connectivity index (χ3n) is 7.98. The van der Waals surface area contributed by atoms with E-state index in [1.807, 2.05) is 13.0 Å². The Kier molecular flexibility index (Phi) is 8.93. The van der Waals surface area contributed by atoms with Crippen LogP contribution in [0.25, 0.3) is 11.3 Å². The number of carbonyl (C=O) groups is 1. The van der Waals surface area contributed by atoms with Crippen LogP contribution in [0.1, 0.15) is 46.9 Å². The number of aromatic nitrogens is 1. The molecule has 1 aliphatic heterocycles. The van der Waals surface area contributed by atoms with Gasteiger partial charge in [0.15, 0.2) is 11.5 Å². The van der Waals surface area contributed by atoms with Crippen molar-refractivity contribution in [2.45, 2.75) is 43.0 Å². The van der Waals surface area contributed by atoms with Gasteiger partial charge in [0.05, 0.1) is 44.2 Å². The fourth-order valence-electron chi connectivity index (χ4n) is 5.08. The number of hydrogen-bond acceptors (Lipinski definition) is 9. The molecule has 1 fully saturated rings. The van der Waals surface area contributed by atoms with Crippen LogP contribution in [0, 0.1) is 11.3 Å². The van der Waals surface area contributed by atoms with Crippen LogP contribution < -0.4 is 24.8 Å². The SMILES string of the molecule is COc1cc(C(=O)NCC(O)(c2cc3c(c(-c4ccc(C#N)cc4)n2)OC[C@]3(C)CNC2CC2)C(F)(F)F)ccc1OCCO. The molecule has 0 spiro atoms. The number of halogens is 3. The zero-order chi connectivity index (χ0) is 32.4. The minimum atomic E-state index is -5.24. The fraction of sp³-hybridized carbons (Fsp3) is 0.406. The van der Waals surface area contributed by atoms with Crippen LogP contribution in [0.2, 0.25) is 0 Å². The number of aliphatic hydroxyl groups is 2. The normalized spacial score (nSPS) is 18.7. The molecule has 1 aliphatic carbocycles. The number of methoxy groups -OCH3 is 1. The number of ether oxygens (including phenoxy) is 3. The van der Waals surface area contributed by atoms with Gasteiger partial charge in [0.1, 0.15) is 18.1 Å². The monoisotopic (exact) mass is 626 g/mol. The molecule has 2 aromatic carbocycles. The van der Waals surface area contributed by atoms with Crippen LogP contribution in [0.4, 0.5) is 13.2 Å². The van der Waals surface area contributed by atoms with Crippen molar-refractivity contribution in [3.63, 3.8) is 0 Å². The lowest BCUT2D eigenvalue weighted by molar-refractivity contribution is -0.265. The molecule has 2 atom stereocenters. The first kappa shape index (κ1) is 32.0. The van der Waals surface area contributed by atoms with Gasteiger partial charge in [-0.25, -0.2) is 4.98 Å². The van der Waals surface area contributed by atoms with Gasteiger partial charge in [-0.3, -0.25) is 4.79 Å². The van der Waals surface area contributed by atoms with Crippen molar-refractivity contribution in [1.82, 2.24) is 15.6 Å². The van der Waals surface area contributed by atoms with Crippen molar-refractivity contribution in [2.75, 3.05) is 40.0 Å². The second-order valence-electron chi connectivity index (χ2n) is 11.4. The maximum absolute atomic E-state index is 14.8. The van der Waals surface area contributed by atoms with E-state index in [0.29, 0.717) is 35.0 Å². The maximum atomic E-state index is 14.8. The van der Waals surface area contributed by atoms with Crippen LogP contribution in [-0.4, -0.2) is 73.3 Å². The Hall–Kier alpha value is -4.38. The lowest BCUT2D eigenvalue weighted by Crippen LogP contribution is -2.51. The van der Waals surface area contributed by atoms with Gasteiger partial charge >= 0.3 is 6.18 Å². The van der Waals surface area contributed by atoms with E-state index >= 15 is 0 Å². The van der Waals surface area contributed by atoms with Crippen LogP contribution in [-0.2, 0) is 11.0 Å². The number of fused-ring (bicyclic) bond motifs is 1. The van der Waals surface area contributed by atoms with Gasteiger partial charge in [0, 0.05) is 34.7 Å². The van der Waals surface area contributed by atoms with Crippen molar-refractivity contribution in [2.24, 2.45) is 0 Å². The molecule has 3 aromatic rings. The van der Waals surface area contributed by atoms with Crippen molar-refractivity contribution < 1.29 is 42.4 Å². The Morgan fingerprint density at radius 2 is 1.91 bits per heavy atom. The fourth-order valence-corrected chi connectivity index (χ4v) is 5.08. The predicted octanol–water partition coefficient (Wildman–Crippen LogP) is 3.58. The summed E-state index contributed by atoms with van der Waals surface area (Å²) in [5, 5.41) is 35.2. The first-order valence-electron chi connectivity index (χ1n) is 14.3. The number of aliphatic hydroxyl groups excluding tert-OH is 1. The molecule has 45 heavy (non-hydrogen) atoms.